The van der Waals surface area contributed by atoms with Crippen LogP contribution in [0.2, 0.25) is 0 Å². The molecule has 1 saturated heterocycles. The molecule has 0 spiro atoms. The van der Waals surface area contributed by atoms with Crippen LogP contribution >= 0.6 is 11.3 Å². The summed E-state index contributed by atoms with van der Waals surface area (Å²) in [4.78, 5) is 14.5. The van der Waals surface area contributed by atoms with Crippen LogP contribution in [0.5, 0.6) is 0 Å². The summed E-state index contributed by atoms with van der Waals surface area (Å²) in [6.07, 6.45) is 1.14. The van der Waals surface area contributed by atoms with E-state index in [-0.39, 0.29) is 0 Å². The van der Waals surface area contributed by atoms with Crippen LogP contribution in [0.3, 0.4) is 0 Å². The number of hydrogen-bond donors (Lipinski definition) is 0. The van der Waals surface area contributed by atoms with Crippen molar-refractivity contribution < 1.29 is 4.74 Å². The number of rotatable bonds is 3. The summed E-state index contributed by atoms with van der Waals surface area (Å²) in [5.74, 6) is 1.13. The molecule has 2 aliphatic heterocycles. The first-order chi connectivity index (χ1) is 11.7. The number of aromatic nitrogens is 2. The first-order valence-electron chi connectivity index (χ1n) is 8.63. The zero-order valence-electron chi connectivity index (χ0n) is 14.4. The third-order valence-electron chi connectivity index (χ3n) is 4.87. The summed E-state index contributed by atoms with van der Waals surface area (Å²) < 4.78 is 5.60. The van der Waals surface area contributed by atoms with E-state index in [9.17, 15) is 0 Å². The lowest BCUT2D eigenvalue weighted by Crippen LogP contribution is -2.38. The van der Waals surface area contributed by atoms with Gasteiger partial charge in [0, 0.05) is 48.9 Å². The summed E-state index contributed by atoms with van der Waals surface area (Å²) >= 11 is 1.72. The Bertz CT molecular complexity index is 711. The molecule has 0 bridgehead atoms. The largest absolute Gasteiger partial charge is 0.380 e. The van der Waals surface area contributed by atoms with Crippen LogP contribution in [-0.4, -0.2) is 47.2 Å². The second kappa shape index (κ2) is 6.78. The van der Waals surface area contributed by atoms with E-state index in [2.05, 4.69) is 46.1 Å². The third-order valence-corrected chi connectivity index (χ3v) is 5.69. The molecule has 0 aliphatic carbocycles. The van der Waals surface area contributed by atoms with E-state index in [0.29, 0.717) is 6.04 Å². The maximum atomic E-state index is 5.60. The van der Waals surface area contributed by atoms with Crippen molar-refractivity contribution in [3.8, 4) is 0 Å². The molecule has 2 aromatic rings. The molecule has 1 unspecified atom stereocenters. The Hall–Kier alpha value is -1.50. The standard InChI is InChI=1S/C18H24N4OS/c1-13-3-4-15-9-21(17-5-8-23-11-17)6-7-22(18(15)19-13)10-16-12-24-14(2)20-16/h3-4,12,17H,5-11H2,1-2H3. The molecule has 0 aromatic carbocycles. The average Bonchev–Trinajstić information content (AvgIpc) is 3.20. The minimum atomic E-state index is 0.542. The van der Waals surface area contributed by atoms with Gasteiger partial charge in [0.05, 0.1) is 23.9 Å². The molecule has 24 heavy (non-hydrogen) atoms. The Morgan fingerprint density at radius 2 is 2.17 bits per heavy atom. The summed E-state index contributed by atoms with van der Waals surface area (Å²) in [7, 11) is 0. The minimum absolute atomic E-state index is 0.542. The van der Waals surface area contributed by atoms with Crippen LogP contribution in [-0.2, 0) is 17.8 Å². The summed E-state index contributed by atoms with van der Waals surface area (Å²) in [5.41, 5.74) is 3.53. The van der Waals surface area contributed by atoms with Gasteiger partial charge in [-0.1, -0.05) is 6.07 Å². The molecule has 2 aliphatic rings. The van der Waals surface area contributed by atoms with Crippen molar-refractivity contribution in [2.45, 2.75) is 39.4 Å². The van der Waals surface area contributed by atoms with Gasteiger partial charge in [-0.25, -0.2) is 9.97 Å². The summed E-state index contributed by atoms with van der Waals surface area (Å²) in [6.45, 7) is 9.71. The number of ether oxygens (including phenoxy) is 1. The van der Waals surface area contributed by atoms with Crippen LogP contribution in [0.4, 0.5) is 5.82 Å². The molecular weight excluding hydrogens is 320 g/mol. The van der Waals surface area contributed by atoms with Crippen molar-refractivity contribution in [3.05, 3.63) is 39.5 Å². The van der Waals surface area contributed by atoms with E-state index < -0.39 is 0 Å². The van der Waals surface area contributed by atoms with E-state index in [1.54, 1.807) is 11.3 Å². The number of hydrogen-bond acceptors (Lipinski definition) is 6. The first-order valence-corrected chi connectivity index (χ1v) is 9.51. The van der Waals surface area contributed by atoms with Crippen molar-refractivity contribution in [1.29, 1.82) is 0 Å². The van der Waals surface area contributed by atoms with Gasteiger partial charge in [-0.3, -0.25) is 4.90 Å². The number of anilines is 1. The molecule has 6 heteroatoms. The minimum Gasteiger partial charge on any atom is -0.380 e. The molecule has 0 amide bonds. The summed E-state index contributed by atoms with van der Waals surface area (Å²) in [5, 5.41) is 3.29. The summed E-state index contributed by atoms with van der Waals surface area (Å²) in [6, 6.07) is 4.91. The van der Waals surface area contributed by atoms with Gasteiger partial charge in [0.1, 0.15) is 5.82 Å². The molecule has 2 aromatic heterocycles. The second-order valence-corrected chi connectivity index (χ2v) is 7.76. The molecular formula is C18H24N4OS. The quantitative estimate of drug-likeness (QED) is 0.856. The van der Waals surface area contributed by atoms with E-state index >= 15 is 0 Å². The van der Waals surface area contributed by atoms with E-state index in [1.165, 1.54) is 5.56 Å². The van der Waals surface area contributed by atoms with Gasteiger partial charge in [0.15, 0.2) is 0 Å². The Kier molecular flexibility index (Phi) is 4.52. The van der Waals surface area contributed by atoms with E-state index in [4.69, 9.17) is 9.72 Å². The maximum Gasteiger partial charge on any atom is 0.133 e. The van der Waals surface area contributed by atoms with Crippen molar-refractivity contribution in [3.63, 3.8) is 0 Å². The molecule has 1 atom stereocenters. The normalized spacial score (nSPS) is 21.8. The topological polar surface area (TPSA) is 41.5 Å². The monoisotopic (exact) mass is 344 g/mol. The SMILES string of the molecule is Cc1ccc2c(n1)N(Cc1csc(C)n1)CCN(C1CCOC1)C2. The van der Waals surface area contributed by atoms with Crippen molar-refractivity contribution in [1.82, 2.24) is 14.9 Å². The predicted octanol–water partition coefficient (Wildman–Crippen LogP) is 2.77. The van der Waals surface area contributed by atoms with Crippen LogP contribution < -0.4 is 4.90 Å². The molecule has 128 valence electrons. The smallest absolute Gasteiger partial charge is 0.133 e. The molecule has 4 heterocycles. The van der Waals surface area contributed by atoms with Gasteiger partial charge < -0.3 is 9.64 Å². The molecule has 0 saturated carbocycles. The van der Waals surface area contributed by atoms with Crippen LogP contribution in [0.25, 0.3) is 0 Å². The molecule has 5 nitrogen and oxygen atoms in total. The van der Waals surface area contributed by atoms with Crippen LogP contribution in [0.15, 0.2) is 17.5 Å². The number of pyridine rings is 1. The lowest BCUT2D eigenvalue weighted by Gasteiger charge is -2.26. The highest BCUT2D eigenvalue weighted by atomic mass is 32.1. The van der Waals surface area contributed by atoms with Gasteiger partial charge in [-0.15, -0.1) is 11.3 Å². The maximum absolute atomic E-state index is 5.60. The highest BCUT2D eigenvalue weighted by Crippen LogP contribution is 2.27. The first kappa shape index (κ1) is 16.0. The number of aryl methyl sites for hydroxylation is 2. The third kappa shape index (κ3) is 3.31. The Morgan fingerprint density at radius 1 is 1.25 bits per heavy atom. The van der Waals surface area contributed by atoms with Gasteiger partial charge >= 0.3 is 0 Å². The lowest BCUT2D eigenvalue weighted by atomic mass is 10.1. The number of fused-ring (bicyclic) bond motifs is 1. The Labute approximate surface area is 147 Å². The highest BCUT2D eigenvalue weighted by molar-refractivity contribution is 7.09. The predicted molar refractivity (Wildman–Crippen MR) is 96.5 cm³/mol. The Morgan fingerprint density at radius 3 is 2.92 bits per heavy atom. The van der Waals surface area contributed by atoms with Crippen molar-refractivity contribution >= 4 is 17.2 Å². The number of thiazole rings is 1. The zero-order valence-corrected chi connectivity index (χ0v) is 15.2. The van der Waals surface area contributed by atoms with Gasteiger partial charge in [-0.05, 0) is 26.3 Å². The van der Waals surface area contributed by atoms with E-state index in [1.807, 2.05) is 0 Å². The Balaban J connectivity index is 1.61. The number of nitrogens with zero attached hydrogens (tertiary/aromatic N) is 4. The van der Waals surface area contributed by atoms with Crippen LogP contribution in [0.1, 0.15) is 28.4 Å². The van der Waals surface area contributed by atoms with E-state index in [0.717, 1.165) is 68.0 Å². The lowest BCUT2D eigenvalue weighted by molar-refractivity contribution is 0.142. The van der Waals surface area contributed by atoms with Gasteiger partial charge in [0.25, 0.3) is 0 Å². The molecule has 4 rings (SSSR count). The van der Waals surface area contributed by atoms with Crippen molar-refractivity contribution in [2.75, 3.05) is 31.2 Å². The van der Waals surface area contributed by atoms with Crippen molar-refractivity contribution in [2.24, 2.45) is 0 Å². The second-order valence-electron chi connectivity index (χ2n) is 6.70. The molecule has 0 radical (unpaired) electrons. The van der Waals surface area contributed by atoms with Gasteiger partial charge in [-0.2, -0.15) is 0 Å². The fourth-order valence-corrected chi connectivity index (χ4v) is 4.18. The molecule has 1 fully saturated rings. The van der Waals surface area contributed by atoms with Crippen LogP contribution in [0, 0.1) is 13.8 Å². The highest BCUT2D eigenvalue weighted by Gasteiger charge is 2.28. The fraction of sp³-hybridized carbons (Fsp3) is 0.556. The average molecular weight is 344 g/mol. The fourth-order valence-electron chi connectivity index (χ4n) is 3.57. The zero-order chi connectivity index (χ0) is 16.5. The van der Waals surface area contributed by atoms with Gasteiger partial charge in [0.2, 0.25) is 0 Å². The molecule has 0 N–H and O–H groups in total.